The first-order valence-corrected chi connectivity index (χ1v) is 6.12. The number of nitrogens with one attached hydrogen (secondary N) is 1. The maximum Gasteiger partial charge on any atom is 0.401 e. The Morgan fingerprint density at radius 1 is 1.33 bits per heavy atom. The van der Waals surface area contributed by atoms with Crippen molar-refractivity contribution in [2.45, 2.75) is 37.9 Å². The summed E-state index contributed by atoms with van der Waals surface area (Å²) in [7, 11) is 0. The van der Waals surface area contributed by atoms with Gasteiger partial charge in [0.1, 0.15) is 0 Å². The van der Waals surface area contributed by atoms with Crippen molar-refractivity contribution < 1.29 is 23.1 Å². The van der Waals surface area contributed by atoms with Crippen LogP contribution in [0.15, 0.2) is 0 Å². The summed E-state index contributed by atoms with van der Waals surface area (Å²) in [5.41, 5.74) is 0. The van der Waals surface area contributed by atoms with E-state index in [0.29, 0.717) is 13.0 Å². The van der Waals surface area contributed by atoms with Crippen molar-refractivity contribution in [3.63, 3.8) is 0 Å². The van der Waals surface area contributed by atoms with Gasteiger partial charge < -0.3 is 15.3 Å². The van der Waals surface area contributed by atoms with Crippen LogP contribution < -0.4 is 5.32 Å². The molecule has 1 amide bonds. The molecule has 0 aromatic heterocycles. The molecule has 0 spiro atoms. The van der Waals surface area contributed by atoms with E-state index < -0.39 is 12.7 Å². The van der Waals surface area contributed by atoms with E-state index in [1.807, 2.05) is 0 Å². The standard InChI is InChI=1S/C11H19F3N2O2/c12-11(13,14)8-15-6-10(18)16-5-3-1-2-4-9(16)7-17/h9,15,17H,1-8H2. The number of halogens is 3. The third-order valence-corrected chi connectivity index (χ3v) is 3.01. The summed E-state index contributed by atoms with van der Waals surface area (Å²) < 4.78 is 35.8. The van der Waals surface area contributed by atoms with Gasteiger partial charge in [-0.05, 0) is 12.8 Å². The lowest BCUT2D eigenvalue weighted by atomic mass is 10.1. The number of amides is 1. The summed E-state index contributed by atoms with van der Waals surface area (Å²) >= 11 is 0. The van der Waals surface area contributed by atoms with Gasteiger partial charge in [-0.15, -0.1) is 0 Å². The van der Waals surface area contributed by atoms with E-state index in [4.69, 9.17) is 0 Å². The zero-order valence-corrected chi connectivity index (χ0v) is 10.2. The second-order valence-corrected chi connectivity index (χ2v) is 4.49. The van der Waals surface area contributed by atoms with Crippen molar-refractivity contribution in [2.24, 2.45) is 0 Å². The van der Waals surface area contributed by atoms with Gasteiger partial charge in [0.15, 0.2) is 0 Å². The van der Waals surface area contributed by atoms with Crippen LogP contribution in [0, 0.1) is 0 Å². The number of alkyl halides is 3. The van der Waals surface area contributed by atoms with Crippen LogP contribution in [0.4, 0.5) is 13.2 Å². The van der Waals surface area contributed by atoms with Gasteiger partial charge in [-0.25, -0.2) is 0 Å². The van der Waals surface area contributed by atoms with Crippen LogP contribution in [0.2, 0.25) is 0 Å². The SMILES string of the molecule is O=C(CNCC(F)(F)F)N1CCCCCC1CO. The van der Waals surface area contributed by atoms with Gasteiger partial charge in [-0.3, -0.25) is 4.79 Å². The summed E-state index contributed by atoms with van der Waals surface area (Å²) in [4.78, 5) is 13.3. The van der Waals surface area contributed by atoms with Gasteiger partial charge in [0, 0.05) is 6.54 Å². The molecule has 106 valence electrons. The van der Waals surface area contributed by atoms with E-state index in [2.05, 4.69) is 5.32 Å². The highest BCUT2D eigenvalue weighted by Gasteiger charge is 2.28. The van der Waals surface area contributed by atoms with E-state index in [0.717, 1.165) is 19.3 Å². The molecule has 0 saturated carbocycles. The molecule has 0 aliphatic carbocycles. The van der Waals surface area contributed by atoms with Crippen LogP contribution in [-0.4, -0.2) is 54.4 Å². The molecule has 4 nitrogen and oxygen atoms in total. The first-order valence-electron chi connectivity index (χ1n) is 6.12. The minimum absolute atomic E-state index is 0.134. The topological polar surface area (TPSA) is 52.6 Å². The van der Waals surface area contributed by atoms with Crippen LogP contribution in [0.1, 0.15) is 25.7 Å². The van der Waals surface area contributed by atoms with Crippen molar-refractivity contribution in [2.75, 3.05) is 26.2 Å². The fourth-order valence-corrected chi connectivity index (χ4v) is 2.11. The molecular formula is C11H19F3N2O2. The van der Waals surface area contributed by atoms with Gasteiger partial charge in [0.25, 0.3) is 0 Å². The number of hydrogen-bond acceptors (Lipinski definition) is 3. The number of aliphatic hydroxyl groups excluding tert-OH is 1. The van der Waals surface area contributed by atoms with E-state index in [1.54, 1.807) is 0 Å². The highest BCUT2D eigenvalue weighted by molar-refractivity contribution is 5.78. The van der Waals surface area contributed by atoms with Gasteiger partial charge in [0.05, 0.1) is 25.7 Å². The largest absolute Gasteiger partial charge is 0.401 e. The molecule has 0 aromatic carbocycles. The monoisotopic (exact) mass is 268 g/mol. The fraction of sp³-hybridized carbons (Fsp3) is 0.909. The van der Waals surface area contributed by atoms with E-state index in [1.165, 1.54) is 4.90 Å². The van der Waals surface area contributed by atoms with Crippen molar-refractivity contribution in [3.05, 3.63) is 0 Å². The Bertz CT molecular complexity index is 272. The Morgan fingerprint density at radius 3 is 2.67 bits per heavy atom. The average Bonchev–Trinajstić information content (AvgIpc) is 2.51. The Balaban J connectivity index is 2.42. The number of likely N-dealkylation sites (tertiary alicyclic amines) is 1. The molecule has 1 fully saturated rings. The van der Waals surface area contributed by atoms with Crippen molar-refractivity contribution in [1.82, 2.24) is 10.2 Å². The molecule has 2 N–H and O–H groups in total. The van der Waals surface area contributed by atoms with Crippen LogP contribution in [0.5, 0.6) is 0 Å². The highest BCUT2D eigenvalue weighted by Crippen LogP contribution is 2.16. The molecule has 0 radical (unpaired) electrons. The minimum Gasteiger partial charge on any atom is -0.394 e. The van der Waals surface area contributed by atoms with Gasteiger partial charge in [-0.1, -0.05) is 12.8 Å². The zero-order valence-electron chi connectivity index (χ0n) is 10.2. The molecule has 1 saturated heterocycles. The van der Waals surface area contributed by atoms with Crippen LogP contribution in [-0.2, 0) is 4.79 Å². The summed E-state index contributed by atoms with van der Waals surface area (Å²) in [5, 5.41) is 11.3. The normalized spacial score (nSPS) is 21.8. The van der Waals surface area contributed by atoms with Gasteiger partial charge in [0.2, 0.25) is 5.91 Å². The predicted octanol–water partition coefficient (Wildman–Crippen LogP) is 0.902. The average molecular weight is 268 g/mol. The Labute approximate surface area is 104 Å². The number of nitrogens with zero attached hydrogens (tertiary/aromatic N) is 1. The maximum atomic E-state index is 11.9. The van der Waals surface area contributed by atoms with Crippen LogP contribution in [0.25, 0.3) is 0 Å². The van der Waals surface area contributed by atoms with Crippen molar-refractivity contribution >= 4 is 5.91 Å². The second-order valence-electron chi connectivity index (χ2n) is 4.49. The Kier molecular flexibility index (Phi) is 5.87. The molecule has 0 bridgehead atoms. The first kappa shape index (κ1) is 15.2. The quantitative estimate of drug-likeness (QED) is 0.796. The minimum atomic E-state index is -4.31. The number of aliphatic hydroxyl groups is 1. The van der Waals surface area contributed by atoms with E-state index >= 15 is 0 Å². The second kappa shape index (κ2) is 6.94. The predicted molar refractivity (Wildman–Crippen MR) is 60.0 cm³/mol. The Hall–Kier alpha value is -0.820. The summed E-state index contributed by atoms with van der Waals surface area (Å²) in [6.07, 6.45) is -0.848. The highest BCUT2D eigenvalue weighted by atomic mass is 19.4. The molecular weight excluding hydrogens is 249 g/mol. The third kappa shape index (κ3) is 5.22. The molecule has 1 heterocycles. The molecule has 18 heavy (non-hydrogen) atoms. The number of hydrogen-bond donors (Lipinski definition) is 2. The molecule has 1 aliphatic rings. The number of carbonyl (C=O) groups is 1. The number of rotatable bonds is 4. The summed E-state index contributed by atoms with van der Waals surface area (Å²) in [6, 6.07) is -0.257. The smallest absolute Gasteiger partial charge is 0.394 e. The van der Waals surface area contributed by atoms with Crippen molar-refractivity contribution in [3.8, 4) is 0 Å². The summed E-state index contributed by atoms with van der Waals surface area (Å²) in [5.74, 6) is -0.375. The molecule has 1 rings (SSSR count). The first-order chi connectivity index (χ1) is 8.44. The lowest BCUT2D eigenvalue weighted by Gasteiger charge is -2.28. The van der Waals surface area contributed by atoms with Crippen LogP contribution in [0.3, 0.4) is 0 Å². The molecule has 7 heteroatoms. The third-order valence-electron chi connectivity index (χ3n) is 3.01. The molecule has 1 aliphatic heterocycles. The fourth-order valence-electron chi connectivity index (χ4n) is 2.11. The maximum absolute atomic E-state index is 11.9. The lowest BCUT2D eigenvalue weighted by molar-refractivity contribution is -0.136. The van der Waals surface area contributed by atoms with Gasteiger partial charge in [-0.2, -0.15) is 13.2 Å². The lowest BCUT2D eigenvalue weighted by Crippen LogP contribution is -2.47. The van der Waals surface area contributed by atoms with Crippen molar-refractivity contribution in [1.29, 1.82) is 0 Å². The van der Waals surface area contributed by atoms with Crippen LogP contribution >= 0.6 is 0 Å². The summed E-state index contributed by atoms with van der Waals surface area (Å²) in [6.45, 7) is -1.13. The number of carbonyl (C=O) groups excluding carboxylic acids is 1. The zero-order chi connectivity index (χ0) is 13.6. The van der Waals surface area contributed by atoms with E-state index in [9.17, 15) is 23.1 Å². The Morgan fingerprint density at radius 2 is 2.06 bits per heavy atom. The van der Waals surface area contributed by atoms with E-state index in [-0.39, 0.29) is 25.1 Å². The molecule has 1 unspecified atom stereocenters. The van der Waals surface area contributed by atoms with Gasteiger partial charge >= 0.3 is 6.18 Å². The molecule has 1 atom stereocenters. The molecule has 0 aromatic rings.